The molecular weight excluding hydrogens is 536 g/mol. The second-order valence-electron chi connectivity index (χ2n) is 8.55. The highest BCUT2D eigenvalue weighted by Crippen LogP contribution is 2.21. The van der Waals surface area contributed by atoms with E-state index in [1.807, 2.05) is 30.3 Å². The zero-order chi connectivity index (χ0) is 27.9. The molecule has 2 aromatic heterocycles. The van der Waals surface area contributed by atoms with Crippen molar-refractivity contribution >= 4 is 35.2 Å². The maximum atomic E-state index is 13.3. The van der Waals surface area contributed by atoms with Crippen molar-refractivity contribution in [2.75, 3.05) is 5.32 Å². The zero-order valence-corrected chi connectivity index (χ0v) is 21.4. The molecule has 2 heterocycles. The quantitative estimate of drug-likeness (QED) is 0.233. The normalized spacial score (nSPS) is 11.8. The molecule has 2 amide bonds. The Morgan fingerprint density at radius 3 is 2.58 bits per heavy atom. The summed E-state index contributed by atoms with van der Waals surface area (Å²) in [5.74, 6) is -1.29. The highest BCUT2D eigenvalue weighted by molar-refractivity contribution is 6.30. The van der Waals surface area contributed by atoms with Crippen LogP contribution in [-0.4, -0.2) is 48.2 Å². The van der Waals surface area contributed by atoms with Crippen molar-refractivity contribution < 1.29 is 14.1 Å². The minimum Gasteiger partial charge on any atom is -0.340 e. The van der Waals surface area contributed by atoms with Crippen molar-refractivity contribution in [1.82, 2.24) is 35.7 Å². The van der Waals surface area contributed by atoms with Gasteiger partial charge in [-0.25, -0.2) is 4.79 Å². The van der Waals surface area contributed by atoms with Gasteiger partial charge in [-0.15, -0.1) is 5.10 Å². The van der Waals surface area contributed by atoms with E-state index < -0.39 is 23.6 Å². The topological polar surface area (TPSA) is 161 Å². The first-order valence-electron chi connectivity index (χ1n) is 12.0. The molecule has 5 rings (SSSR count). The number of rotatable bonds is 9. The molecule has 0 saturated carbocycles. The first-order valence-corrected chi connectivity index (χ1v) is 12.3. The molecule has 0 aliphatic heterocycles. The van der Waals surface area contributed by atoms with Crippen LogP contribution in [0.15, 0.2) is 94.5 Å². The van der Waals surface area contributed by atoms with Crippen LogP contribution in [0, 0.1) is 0 Å². The number of carbonyl (C=O) groups excluding carboxylic acids is 2. The minimum absolute atomic E-state index is 0.261. The summed E-state index contributed by atoms with van der Waals surface area (Å²) in [6.07, 6.45) is 4.58. The summed E-state index contributed by atoms with van der Waals surface area (Å²) < 4.78 is 5.97. The molecule has 13 heteroatoms. The highest BCUT2D eigenvalue weighted by Gasteiger charge is 2.21. The maximum absolute atomic E-state index is 13.3. The number of aromatic nitrogens is 6. The first kappa shape index (κ1) is 26.3. The lowest BCUT2D eigenvalue weighted by molar-refractivity contribution is -0.123. The van der Waals surface area contributed by atoms with Crippen LogP contribution in [0.1, 0.15) is 11.1 Å². The van der Waals surface area contributed by atoms with Crippen LogP contribution in [0.4, 0.5) is 5.69 Å². The summed E-state index contributed by atoms with van der Waals surface area (Å²) in [4.78, 5) is 39.9. The Balaban J connectivity index is 1.32. The van der Waals surface area contributed by atoms with Crippen molar-refractivity contribution in [1.29, 1.82) is 0 Å². The summed E-state index contributed by atoms with van der Waals surface area (Å²) in [5.41, 5.74) is 3.19. The number of anilines is 1. The van der Waals surface area contributed by atoms with Gasteiger partial charge in [0.05, 0.1) is 5.69 Å². The van der Waals surface area contributed by atoms with Crippen LogP contribution in [0.2, 0.25) is 5.02 Å². The van der Waals surface area contributed by atoms with E-state index >= 15 is 0 Å². The number of nitrogens with zero attached hydrogens (tertiary/aromatic N) is 5. The average molecular weight is 557 g/mol. The molecule has 0 spiro atoms. The van der Waals surface area contributed by atoms with Crippen LogP contribution < -0.4 is 16.4 Å². The van der Waals surface area contributed by atoms with Gasteiger partial charge in [0.2, 0.25) is 11.8 Å². The Morgan fingerprint density at radius 2 is 1.88 bits per heavy atom. The molecule has 0 radical (unpaired) electrons. The van der Waals surface area contributed by atoms with Crippen LogP contribution in [-0.2, 0) is 16.0 Å². The summed E-state index contributed by atoms with van der Waals surface area (Å²) in [7, 11) is 0. The van der Waals surface area contributed by atoms with E-state index in [2.05, 4.69) is 40.8 Å². The van der Waals surface area contributed by atoms with E-state index in [9.17, 15) is 14.4 Å². The number of carbonyl (C=O) groups is 2. The minimum atomic E-state index is -0.885. The lowest BCUT2D eigenvalue weighted by Gasteiger charge is -2.18. The van der Waals surface area contributed by atoms with E-state index in [1.54, 1.807) is 48.5 Å². The predicted octanol–water partition coefficient (Wildman–Crippen LogP) is 3.04. The van der Waals surface area contributed by atoms with Gasteiger partial charge < -0.3 is 10.6 Å². The molecule has 0 saturated heterocycles. The maximum Gasteiger partial charge on any atom is 0.439 e. The van der Waals surface area contributed by atoms with Gasteiger partial charge >= 0.3 is 5.76 Å². The first-order chi connectivity index (χ1) is 19.4. The number of benzene rings is 3. The summed E-state index contributed by atoms with van der Waals surface area (Å²) in [6.45, 7) is 0. The Bertz CT molecular complexity index is 1700. The molecule has 1 atom stereocenters. The fourth-order valence-electron chi connectivity index (χ4n) is 3.88. The fraction of sp³-hybridized carbons (Fsp3) is 0.0741. The molecule has 40 heavy (non-hydrogen) atoms. The zero-order valence-electron chi connectivity index (χ0n) is 20.7. The van der Waals surface area contributed by atoms with Gasteiger partial charge in [0.25, 0.3) is 0 Å². The molecular formula is C27H21ClN8O4. The standard InChI is InChI=1S/C27H21ClN8O4/c28-20-9-12-23(36-16-29-34-35-36)19(15-20)8-13-24(37)31-22(14-17-4-2-1-3-5-17)26(38)30-21-10-6-18(7-11-21)25-32-27(39)40-33-25/h1-13,15-16,22H,14H2,(H,30,38)(H,31,37)(H,32,33,39). The largest absolute Gasteiger partial charge is 0.439 e. The van der Waals surface area contributed by atoms with Crippen LogP contribution in [0.3, 0.4) is 0 Å². The van der Waals surface area contributed by atoms with Gasteiger partial charge in [-0.2, -0.15) is 4.68 Å². The number of aromatic amines is 1. The third-order valence-corrected chi connectivity index (χ3v) is 6.02. The number of hydrogen-bond donors (Lipinski definition) is 3. The molecule has 12 nitrogen and oxygen atoms in total. The lowest BCUT2D eigenvalue weighted by atomic mass is 10.0. The number of halogens is 1. The number of amides is 2. The molecule has 0 fully saturated rings. The monoisotopic (exact) mass is 556 g/mol. The number of H-pyrrole nitrogens is 1. The predicted molar refractivity (Wildman–Crippen MR) is 146 cm³/mol. The molecule has 0 bridgehead atoms. The molecule has 0 aliphatic carbocycles. The summed E-state index contributed by atoms with van der Waals surface area (Å²) in [6, 6.07) is 20.2. The van der Waals surface area contributed by atoms with Crippen molar-refractivity contribution in [2.24, 2.45) is 0 Å². The van der Waals surface area contributed by atoms with Gasteiger partial charge in [0, 0.05) is 34.3 Å². The number of nitrogens with one attached hydrogen (secondary N) is 3. The van der Waals surface area contributed by atoms with Crippen molar-refractivity contribution in [3.05, 3.63) is 112 Å². The summed E-state index contributed by atoms with van der Waals surface area (Å²) in [5, 5.41) is 20.9. The van der Waals surface area contributed by atoms with Crippen molar-refractivity contribution in [3.8, 4) is 17.1 Å². The molecule has 0 aliphatic rings. The van der Waals surface area contributed by atoms with Crippen molar-refractivity contribution in [2.45, 2.75) is 12.5 Å². The molecule has 1 unspecified atom stereocenters. The van der Waals surface area contributed by atoms with E-state index in [0.29, 0.717) is 27.5 Å². The van der Waals surface area contributed by atoms with Gasteiger partial charge in [0.15, 0.2) is 5.82 Å². The second-order valence-corrected chi connectivity index (χ2v) is 8.99. The SMILES string of the molecule is O=C(C=Cc1cc(Cl)ccc1-n1cnnn1)NC(Cc1ccccc1)C(=O)Nc1ccc(-c2noc(=O)[nH]2)cc1. The van der Waals surface area contributed by atoms with E-state index in [1.165, 1.54) is 17.1 Å². The van der Waals surface area contributed by atoms with Crippen LogP contribution in [0.25, 0.3) is 23.2 Å². The highest BCUT2D eigenvalue weighted by atomic mass is 35.5. The average Bonchev–Trinajstić information content (AvgIpc) is 3.65. The Hall–Kier alpha value is -5.36. The number of tetrazole rings is 1. The van der Waals surface area contributed by atoms with Gasteiger partial charge in [-0.1, -0.05) is 47.1 Å². The van der Waals surface area contributed by atoms with Gasteiger partial charge in [-0.3, -0.25) is 19.1 Å². The molecule has 3 aromatic carbocycles. The van der Waals surface area contributed by atoms with E-state index in [-0.39, 0.29) is 12.2 Å². The van der Waals surface area contributed by atoms with E-state index in [4.69, 9.17) is 11.6 Å². The van der Waals surface area contributed by atoms with Gasteiger partial charge in [0.1, 0.15) is 12.4 Å². The molecule has 3 N–H and O–H groups in total. The molecule has 5 aromatic rings. The Morgan fingerprint density at radius 1 is 1.07 bits per heavy atom. The third-order valence-electron chi connectivity index (χ3n) is 5.78. The second kappa shape index (κ2) is 12.0. The van der Waals surface area contributed by atoms with Crippen molar-refractivity contribution in [3.63, 3.8) is 0 Å². The van der Waals surface area contributed by atoms with Crippen LogP contribution in [0.5, 0.6) is 0 Å². The third kappa shape index (κ3) is 6.55. The van der Waals surface area contributed by atoms with Crippen LogP contribution >= 0.6 is 11.6 Å². The molecule has 200 valence electrons. The summed E-state index contributed by atoms with van der Waals surface area (Å²) >= 11 is 6.16. The smallest absolute Gasteiger partial charge is 0.340 e. The number of hydrogen-bond acceptors (Lipinski definition) is 8. The van der Waals surface area contributed by atoms with Gasteiger partial charge in [-0.05, 0) is 64.5 Å². The Labute approximate surface area is 231 Å². The lowest BCUT2D eigenvalue weighted by Crippen LogP contribution is -2.44. The fourth-order valence-corrected chi connectivity index (χ4v) is 4.06. The van der Waals surface area contributed by atoms with E-state index in [0.717, 1.165) is 5.56 Å². The Kier molecular flexibility index (Phi) is 7.88.